The van der Waals surface area contributed by atoms with Crippen molar-refractivity contribution in [1.29, 1.82) is 10.5 Å². The standard InChI is InChI=1S/C11H7N3/c1-9-6-10(4-2-3-5-12)8-14-11(9)7-13/h6,8H,3H2,1H3. The summed E-state index contributed by atoms with van der Waals surface area (Å²) >= 11 is 0. The van der Waals surface area contributed by atoms with Crippen molar-refractivity contribution in [3.63, 3.8) is 0 Å². The maximum Gasteiger partial charge on any atom is 0.143 e. The van der Waals surface area contributed by atoms with E-state index in [9.17, 15) is 0 Å². The number of pyridine rings is 1. The predicted molar refractivity (Wildman–Crippen MR) is 50.8 cm³/mol. The van der Waals surface area contributed by atoms with E-state index >= 15 is 0 Å². The van der Waals surface area contributed by atoms with Gasteiger partial charge in [0.2, 0.25) is 0 Å². The molecule has 0 radical (unpaired) electrons. The zero-order chi connectivity index (χ0) is 10.4. The first-order chi connectivity index (χ1) is 6.77. The summed E-state index contributed by atoms with van der Waals surface area (Å²) in [5.41, 5.74) is 1.95. The highest BCUT2D eigenvalue weighted by Crippen LogP contribution is 2.05. The summed E-state index contributed by atoms with van der Waals surface area (Å²) in [4.78, 5) is 3.93. The Morgan fingerprint density at radius 2 is 2.21 bits per heavy atom. The first kappa shape index (κ1) is 9.78. The second kappa shape index (κ2) is 4.65. The fourth-order valence-corrected chi connectivity index (χ4v) is 0.946. The molecule has 0 unspecified atom stereocenters. The van der Waals surface area contributed by atoms with Gasteiger partial charge in [0.1, 0.15) is 11.8 Å². The monoisotopic (exact) mass is 181 g/mol. The normalized spacial score (nSPS) is 7.93. The van der Waals surface area contributed by atoms with Crippen LogP contribution in [0.25, 0.3) is 0 Å². The molecule has 1 aromatic heterocycles. The van der Waals surface area contributed by atoms with Gasteiger partial charge in [-0.15, -0.1) is 0 Å². The number of rotatable bonds is 0. The molecule has 3 heteroatoms. The van der Waals surface area contributed by atoms with Gasteiger partial charge in [-0.2, -0.15) is 10.5 Å². The van der Waals surface area contributed by atoms with E-state index in [2.05, 4.69) is 16.8 Å². The summed E-state index contributed by atoms with van der Waals surface area (Å²) in [6, 6.07) is 5.69. The van der Waals surface area contributed by atoms with Gasteiger partial charge in [0, 0.05) is 11.8 Å². The van der Waals surface area contributed by atoms with E-state index < -0.39 is 0 Å². The average Bonchev–Trinajstić information content (AvgIpc) is 2.18. The third-order valence-electron chi connectivity index (χ3n) is 1.58. The highest BCUT2D eigenvalue weighted by atomic mass is 14.7. The minimum Gasteiger partial charge on any atom is -0.244 e. The number of nitriles is 2. The van der Waals surface area contributed by atoms with Crippen LogP contribution in [0.15, 0.2) is 12.3 Å². The van der Waals surface area contributed by atoms with Crippen molar-refractivity contribution in [1.82, 2.24) is 4.98 Å². The molecule has 0 amide bonds. The molecule has 1 rings (SSSR count). The summed E-state index contributed by atoms with van der Waals surface area (Å²) < 4.78 is 0. The molecule has 0 N–H and O–H groups in total. The van der Waals surface area contributed by atoms with Crippen LogP contribution in [-0.2, 0) is 0 Å². The van der Waals surface area contributed by atoms with Crippen molar-refractivity contribution in [3.8, 4) is 24.0 Å². The van der Waals surface area contributed by atoms with Crippen LogP contribution in [0.3, 0.4) is 0 Å². The molecule has 1 heterocycles. The molecule has 0 aromatic carbocycles. The molecule has 0 spiro atoms. The van der Waals surface area contributed by atoms with E-state index in [-0.39, 0.29) is 6.42 Å². The van der Waals surface area contributed by atoms with Crippen molar-refractivity contribution in [2.45, 2.75) is 13.3 Å². The van der Waals surface area contributed by atoms with Gasteiger partial charge >= 0.3 is 0 Å². The van der Waals surface area contributed by atoms with Crippen molar-refractivity contribution < 1.29 is 0 Å². The van der Waals surface area contributed by atoms with Crippen LogP contribution in [0, 0.1) is 41.4 Å². The molecule has 0 fully saturated rings. The van der Waals surface area contributed by atoms with Gasteiger partial charge in [0.25, 0.3) is 0 Å². The maximum atomic E-state index is 8.63. The molecule has 0 aliphatic rings. The molecule has 66 valence electrons. The van der Waals surface area contributed by atoms with Gasteiger partial charge in [0.05, 0.1) is 12.5 Å². The van der Waals surface area contributed by atoms with Crippen LogP contribution >= 0.6 is 0 Å². The molecular weight excluding hydrogens is 174 g/mol. The molecule has 3 nitrogen and oxygen atoms in total. The first-order valence-corrected chi connectivity index (χ1v) is 4.00. The first-order valence-electron chi connectivity index (χ1n) is 4.00. The lowest BCUT2D eigenvalue weighted by Crippen LogP contribution is -1.88. The second-order valence-corrected chi connectivity index (χ2v) is 2.64. The highest BCUT2D eigenvalue weighted by Gasteiger charge is 1.97. The van der Waals surface area contributed by atoms with E-state index in [1.165, 1.54) is 6.20 Å². The van der Waals surface area contributed by atoms with Crippen LogP contribution in [-0.4, -0.2) is 4.98 Å². The lowest BCUT2D eigenvalue weighted by molar-refractivity contribution is 1.20. The second-order valence-electron chi connectivity index (χ2n) is 2.64. The van der Waals surface area contributed by atoms with Gasteiger partial charge < -0.3 is 0 Å². The fraction of sp³-hybridized carbons (Fsp3) is 0.182. The van der Waals surface area contributed by atoms with Gasteiger partial charge in [-0.25, -0.2) is 4.98 Å². The molecule has 0 aliphatic carbocycles. The van der Waals surface area contributed by atoms with Crippen LogP contribution in [0.1, 0.15) is 23.2 Å². The van der Waals surface area contributed by atoms with Crippen molar-refractivity contribution in [2.75, 3.05) is 0 Å². The zero-order valence-electron chi connectivity index (χ0n) is 7.70. The van der Waals surface area contributed by atoms with Crippen LogP contribution in [0.2, 0.25) is 0 Å². The topological polar surface area (TPSA) is 60.5 Å². The lowest BCUT2D eigenvalue weighted by atomic mass is 10.1. The van der Waals surface area contributed by atoms with Crippen LogP contribution in [0.4, 0.5) is 0 Å². The average molecular weight is 181 g/mol. The number of hydrogen-bond acceptors (Lipinski definition) is 3. The number of nitrogens with zero attached hydrogens (tertiary/aromatic N) is 3. The number of aromatic nitrogens is 1. The van der Waals surface area contributed by atoms with E-state index in [4.69, 9.17) is 10.5 Å². The third kappa shape index (κ3) is 2.34. The van der Waals surface area contributed by atoms with E-state index in [1.807, 2.05) is 12.1 Å². The molecule has 0 saturated carbocycles. The van der Waals surface area contributed by atoms with E-state index in [0.717, 1.165) is 11.1 Å². The molecule has 0 saturated heterocycles. The van der Waals surface area contributed by atoms with Gasteiger partial charge in [0.15, 0.2) is 0 Å². The summed E-state index contributed by atoms with van der Waals surface area (Å²) in [5.74, 6) is 5.48. The van der Waals surface area contributed by atoms with Crippen LogP contribution in [0.5, 0.6) is 0 Å². The van der Waals surface area contributed by atoms with Crippen molar-refractivity contribution in [3.05, 3.63) is 29.1 Å². The Morgan fingerprint density at radius 3 is 2.79 bits per heavy atom. The Labute approximate surface area is 82.6 Å². The number of aryl methyl sites for hydroxylation is 1. The third-order valence-corrected chi connectivity index (χ3v) is 1.58. The molecule has 0 aliphatic heterocycles. The Bertz CT molecular complexity index is 478. The summed E-state index contributed by atoms with van der Waals surface area (Å²) in [5, 5.41) is 16.9. The van der Waals surface area contributed by atoms with E-state index in [1.54, 1.807) is 13.0 Å². The Balaban J connectivity index is 2.96. The largest absolute Gasteiger partial charge is 0.244 e. The lowest BCUT2D eigenvalue weighted by Gasteiger charge is -1.95. The maximum absolute atomic E-state index is 8.63. The molecule has 1 aromatic rings. The molecule has 0 atom stereocenters. The van der Waals surface area contributed by atoms with E-state index in [0.29, 0.717) is 5.69 Å². The molecule has 14 heavy (non-hydrogen) atoms. The minimum atomic E-state index is 0.207. The smallest absolute Gasteiger partial charge is 0.143 e. The van der Waals surface area contributed by atoms with Crippen molar-refractivity contribution in [2.24, 2.45) is 0 Å². The fourth-order valence-electron chi connectivity index (χ4n) is 0.946. The van der Waals surface area contributed by atoms with Gasteiger partial charge in [-0.1, -0.05) is 11.8 Å². The summed E-state index contributed by atoms with van der Waals surface area (Å²) in [6.07, 6.45) is 1.75. The van der Waals surface area contributed by atoms with Crippen LogP contribution < -0.4 is 0 Å². The van der Waals surface area contributed by atoms with Crippen molar-refractivity contribution >= 4 is 0 Å². The Hall–Kier alpha value is -2.31. The van der Waals surface area contributed by atoms with Gasteiger partial charge in [-0.05, 0) is 18.6 Å². The molecular formula is C11H7N3. The Morgan fingerprint density at radius 1 is 1.43 bits per heavy atom. The number of hydrogen-bond donors (Lipinski definition) is 0. The Kier molecular flexibility index (Phi) is 3.25. The minimum absolute atomic E-state index is 0.207. The highest BCUT2D eigenvalue weighted by molar-refractivity contribution is 5.40. The summed E-state index contributed by atoms with van der Waals surface area (Å²) in [7, 11) is 0. The SMILES string of the molecule is Cc1cc(C#CCC#N)cnc1C#N. The predicted octanol–water partition coefficient (Wildman–Crippen LogP) is 1.53. The van der Waals surface area contributed by atoms with Gasteiger partial charge in [-0.3, -0.25) is 0 Å². The zero-order valence-corrected chi connectivity index (χ0v) is 7.70. The quantitative estimate of drug-likeness (QED) is 0.570. The summed E-state index contributed by atoms with van der Waals surface area (Å²) in [6.45, 7) is 1.81. The molecule has 0 bridgehead atoms.